The Labute approximate surface area is 335 Å². The molecule has 58 heavy (non-hydrogen) atoms. The summed E-state index contributed by atoms with van der Waals surface area (Å²) in [6.07, 6.45) is 0. The molecule has 0 radical (unpaired) electrons. The molecule has 270 valence electrons. The zero-order valence-electron chi connectivity index (χ0n) is 31.3. The van der Waals surface area contributed by atoms with Gasteiger partial charge in [0.25, 0.3) is 0 Å². The SMILES string of the molecule is c1ccc(-c2nc(-c3ccccc3)nc(-c3nc(-c4cccc(-c5cccc(-c6ccc7c8ccccc8c8ccccc8c7c6)c5)c4)c4ccccc4n3)n2)cc1. The number of nitrogens with zero attached hydrogens (tertiary/aromatic N) is 5. The van der Waals surface area contributed by atoms with Gasteiger partial charge in [0.15, 0.2) is 17.5 Å². The zero-order valence-corrected chi connectivity index (χ0v) is 31.3. The first-order valence-electron chi connectivity index (χ1n) is 19.4. The summed E-state index contributed by atoms with van der Waals surface area (Å²) in [6, 6.07) is 69.8. The maximum Gasteiger partial charge on any atom is 0.201 e. The fourth-order valence-electron chi connectivity index (χ4n) is 8.12. The van der Waals surface area contributed by atoms with E-state index in [9.17, 15) is 0 Å². The van der Waals surface area contributed by atoms with Gasteiger partial charge in [-0.15, -0.1) is 0 Å². The molecule has 0 aliphatic heterocycles. The standard InChI is InChI=1S/C53H33N5/c1-3-15-34(16-4-1)50-56-51(35-17-5-2-6-18-35)58-53(57-50)52-54-48-28-12-11-27-46(48)49(55-52)40-22-14-21-38(32-40)36-19-13-20-37(31-36)39-29-30-45-43-25-8-7-23-41(43)42-24-9-10-26-44(42)47(45)33-39/h1-33H. The van der Waals surface area contributed by atoms with E-state index < -0.39 is 0 Å². The third-order valence-electron chi connectivity index (χ3n) is 10.9. The molecule has 0 aliphatic carbocycles. The Kier molecular flexibility index (Phi) is 8.07. The van der Waals surface area contributed by atoms with Crippen LogP contribution in [0.2, 0.25) is 0 Å². The molecule has 5 nitrogen and oxygen atoms in total. The molecule has 9 aromatic carbocycles. The van der Waals surface area contributed by atoms with Crippen molar-refractivity contribution < 1.29 is 0 Å². The Bertz CT molecular complexity index is 3250. The second-order valence-corrected chi connectivity index (χ2v) is 14.5. The minimum Gasteiger partial charge on any atom is -0.225 e. The molecule has 0 N–H and O–H groups in total. The van der Waals surface area contributed by atoms with Gasteiger partial charge < -0.3 is 0 Å². The van der Waals surface area contributed by atoms with Crippen LogP contribution >= 0.6 is 0 Å². The van der Waals surface area contributed by atoms with Gasteiger partial charge in [0.2, 0.25) is 5.82 Å². The highest BCUT2D eigenvalue weighted by Gasteiger charge is 2.18. The van der Waals surface area contributed by atoms with Gasteiger partial charge in [-0.05, 0) is 78.8 Å². The van der Waals surface area contributed by atoms with Gasteiger partial charge in [-0.2, -0.15) is 0 Å². The maximum atomic E-state index is 5.22. The van der Waals surface area contributed by atoms with Crippen molar-refractivity contribution in [3.8, 4) is 67.9 Å². The Hall–Kier alpha value is -7.89. The minimum absolute atomic E-state index is 0.416. The van der Waals surface area contributed by atoms with E-state index in [-0.39, 0.29) is 0 Å². The van der Waals surface area contributed by atoms with E-state index in [1.807, 2.05) is 78.9 Å². The van der Waals surface area contributed by atoms with E-state index in [0.29, 0.717) is 23.3 Å². The monoisotopic (exact) mass is 739 g/mol. The number of hydrogen-bond donors (Lipinski definition) is 0. The highest BCUT2D eigenvalue weighted by atomic mass is 15.1. The summed E-state index contributed by atoms with van der Waals surface area (Å²) in [7, 11) is 0. The third-order valence-corrected chi connectivity index (χ3v) is 10.9. The number of rotatable bonds is 6. The zero-order chi connectivity index (χ0) is 38.4. The van der Waals surface area contributed by atoms with Crippen LogP contribution in [0.25, 0.3) is 111 Å². The van der Waals surface area contributed by atoms with Crippen LogP contribution < -0.4 is 0 Å². The fourth-order valence-corrected chi connectivity index (χ4v) is 8.12. The number of benzene rings is 9. The molecule has 11 aromatic rings. The lowest BCUT2D eigenvalue weighted by Crippen LogP contribution is -2.03. The Morgan fingerprint density at radius 2 is 0.603 bits per heavy atom. The van der Waals surface area contributed by atoms with Crippen LogP contribution in [0.5, 0.6) is 0 Å². The Morgan fingerprint density at radius 1 is 0.207 bits per heavy atom. The predicted octanol–water partition coefficient (Wildman–Crippen LogP) is 13.3. The van der Waals surface area contributed by atoms with E-state index in [1.54, 1.807) is 0 Å². The Balaban J connectivity index is 1.02. The molecular weight excluding hydrogens is 707 g/mol. The average molecular weight is 740 g/mol. The van der Waals surface area contributed by atoms with Crippen molar-refractivity contribution in [2.24, 2.45) is 0 Å². The van der Waals surface area contributed by atoms with Crippen LogP contribution in [0.15, 0.2) is 200 Å². The number of hydrogen-bond acceptors (Lipinski definition) is 5. The molecule has 11 rings (SSSR count). The molecule has 0 saturated heterocycles. The smallest absolute Gasteiger partial charge is 0.201 e. The van der Waals surface area contributed by atoms with Gasteiger partial charge in [-0.25, -0.2) is 24.9 Å². The van der Waals surface area contributed by atoms with Gasteiger partial charge in [0.1, 0.15) is 0 Å². The second-order valence-electron chi connectivity index (χ2n) is 14.5. The Morgan fingerprint density at radius 3 is 1.19 bits per heavy atom. The quantitative estimate of drug-likeness (QED) is 0.159. The van der Waals surface area contributed by atoms with Gasteiger partial charge in [-0.3, -0.25) is 0 Å². The molecule has 0 unspecified atom stereocenters. The van der Waals surface area contributed by atoms with Gasteiger partial charge >= 0.3 is 0 Å². The molecule has 0 bridgehead atoms. The van der Waals surface area contributed by atoms with Crippen molar-refractivity contribution in [3.63, 3.8) is 0 Å². The first-order valence-corrected chi connectivity index (χ1v) is 19.4. The van der Waals surface area contributed by atoms with Crippen LogP contribution in [-0.2, 0) is 0 Å². The van der Waals surface area contributed by atoms with E-state index >= 15 is 0 Å². The summed E-state index contributed by atoms with van der Waals surface area (Å²) >= 11 is 0. The number of fused-ring (bicyclic) bond motifs is 7. The molecular formula is C53H33N5. The van der Waals surface area contributed by atoms with Crippen LogP contribution in [0.3, 0.4) is 0 Å². The second kappa shape index (κ2) is 14.0. The average Bonchev–Trinajstić information content (AvgIpc) is 3.31. The first-order chi connectivity index (χ1) is 28.7. The van der Waals surface area contributed by atoms with E-state index in [4.69, 9.17) is 24.9 Å². The van der Waals surface area contributed by atoms with Gasteiger partial charge in [0, 0.05) is 22.1 Å². The van der Waals surface area contributed by atoms with E-state index in [2.05, 4.69) is 121 Å². The fraction of sp³-hybridized carbons (Fsp3) is 0. The van der Waals surface area contributed by atoms with Crippen molar-refractivity contribution >= 4 is 43.2 Å². The molecule has 0 spiro atoms. The third kappa shape index (κ3) is 5.94. The molecule has 5 heteroatoms. The van der Waals surface area contributed by atoms with Gasteiger partial charge in [-0.1, -0.05) is 176 Å². The summed E-state index contributed by atoms with van der Waals surface area (Å²) in [4.78, 5) is 25.0. The molecule has 2 heterocycles. The summed E-state index contributed by atoms with van der Waals surface area (Å²) in [5, 5.41) is 8.58. The summed E-state index contributed by atoms with van der Waals surface area (Å²) in [5.74, 6) is 1.99. The summed E-state index contributed by atoms with van der Waals surface area (Å²) in [6.45, 7) is 0. The lowest BCUT2D eigenvalue weighted by molar-refractivity contribution is 1.04. The minimum atomic E-state index is 0.416. The van der Waals surface area contributed by atoms with Crippen LogP contribution in [0, 0.1) is 0 Å². The molecule has 0 fully saturated rings. The molecule has 0 aliphatic rings. The molecule has 0 atom stereocenters. The molecule has 0 amide bonds. The largest absolute Gasteiger partial charge is 0.225 e. The number of para-hydroxylation sites is 1. The highest BCUT2D eigenvalue weighted by Crippen LogP contribution is 2.38. The van der Waals surface area contributed by atoms with E-state index in [0.717, 1.165) is 50.0 Å². The summed E-state index contributed by atoms with van der Waals surface area (Å²) in [5.41, 5.74) is 8.96. The normalized spacial score (nSPS) is 11.4. The maximum absolute atomic E-state index is 5.22. The van der Waals surface area contributed by atoms with Crippen molar-refractivity contribution in [3.05, 3.63) is 200 Å². The molecule has 2 aromatic heterocycles. The van der Waals surface area contributed by atoms with Crippen LogP contribution in [0.4, 0.5) is 0 Å². The van der Waals surface area contributed by atoms with Crippen LogP contribution in [0.1, 0.15) is 0 Å². The van der Waals surface area contributed by atoms with E-state index in [1.165, 1.54) is 37.9 Å². The topological polar surface area (TPSA) is 64.5 Å². The summed E-state index contributed by atoms with van der Waals surface area (Å²) < 4.78 is 0. The number of aromatic nitrogens is 5. The van der Waals surface area contributed by atoms with Crippen molar-refractivity contribution in [1.29, 1.82) is 0 Å². The lowest BCUT2D eigenvalue weighted by atomic mass is 9.91. The first kappa shape index (κ1) is 33.4. The molecule has 0 saturated carbocycles. The lowest BCUT2D eigenvalue weighted by Gasteiger charge is -2.13. The van der Waals surface area contributed by atoms with Crippen molar-refractivity contribution in [1.82, 2.24) is 24.9 Å². The predicted molar refractivity (Wildman–Crippen MR) is 238 cm³/mol. The van der Waals surface area contributed by atoms with Gasteiger partial charge in [0.05, 0.1) is 11.2 Å². The van der Waals surface area contributed by atoms with Crippen LogP contribution in [-0.4, -0.2) is 24.9 Å². The highest BCUT2D eigenvalue weighted by molar-refractivity contribution is 6.25. The van der Waals surface area contributed by atoms with Crippen molar-refractivity contribution in [2.45, 2.75) is 0 Å². The van der Waals surface area contributed by atoms with Crippen molar-refractivity contribution in [2.75, 3.05) is 0 Å².